The summed E-state index contributed by atoms with van der Waals surface area (Å²) in [4.78, 5) is 0. The highest BCUT2D eigenvalue weighted by molar-refractivity contribution is 7.90. The van der Waals surface area contributed by atoms with Gasteiger partial charge in [0, 0.05) is 18.4 Å². The molecule has 0 aromatic heterocycles. The third-order valence-corrected chi connectivity index (χ3v) is 3.41. The van der Waals surface area contributed by atoms with Crippen molar-refractivity contribution in [3.63, 3.8) is 0 Å². The van der Waals surface area contributed by atoms with Crippen molar-refractivity contribution in [3.8, 4) is 11.8 Å². The molecule has 0 saturated carbocycles. The lowest BCUT2D eigenvalue weighted by Gasteiger charge is -2.16. The third kappa shape index (κ3) is 4.26. The van der Waals surface area contributed by atoms with Gasteiger partial charge in [0.15, 0.2) is 0 Å². The highest BCUT2D eigenvalue weighted by Crippen LogP contribution is 2.22. The lowest BCUT2D eigenvalue weighted by atomic mass is 10.1. The summed E-state index contributed by atoms with van der Waals surface area (Å²) in [5, 5.41) is 12.0. The predicted molar refractivity (Wildman–Crippen MR) is 70.5 cm³/mol. The van der Waals surface area contributed by atoms with Gasteiger partial charge in [-0.1, -0.05) is 0 Å². The van der Waals surface area contributed by atoms with Crippen molar-refractivity contribution < 1.29 is 13.2 Å². The molecule has 1 atom stereocenters. The Balaban J connectivity index is 2.92. The van der Waals surface area contributed by atoms with E-state index < -0.39 is 9.84 Å². The van der Waals surface area contributed by atoms with Crippen LogP contribution in [-0.4, -0.2) is 33.6 Å². The van der Waals surface area contributed by atoms with Crippen LogP contribution in [0.15, 0.2) is 18.2 Å². The van der Waals surface area contributed by atoms with E-state index in [1.807, 2.05) is 6.07 Å². The summed E-state index contributed by atoms with van der Waals surface area (Å²) >= 11 is 0. The van der Waals surface area contributed by atoms with E-state index in [-0.39, 0.29) is 11.8 Å². The van der Waals surface area contributed by atoms with Crippen LogP contribution in [0.4, 0.5) is 5.69 Å². The van der Waals surface area contributed by atoms with Gasteiger partial charge in [-0.2, -0.15) is 5.26 Å². The molecule has 0 saturated heterocycles. The second-order valence-electron chi connectivity index (χ2n) is 4.16. The summed E-state index contributed by atoms with van der Waals surface area (Å²) in [6.45, 7) is 1.75. The second kappa shape index (κ2) is 5.74. The maximum atomic E-state index is 11.2. The lowest BCUT2D eigenvalue weighted by molar-refractivity contribution is 0.415. The number of hydrogen-bond donors (Lipinski definition) is 1. The van der Waals surface area contributed by atoms with Crippen molar-refractivity contribution in [1.29, 1.82) is 5.26 Å². The van der Waals surface area contributed by atoms with Gasteiger partial charge in [0.25, 0.3) is 0 Å². The smallest absolute Gasteiger partial charge is 0.149 e. The molecule has 0 radical (unpaired) electrons. The number of rotatable bonds is 5. The summed E-state index contributed by atoms with van der Waals surface area (Å²) in [6.07, 6.45) is 1.18. The van der Waals surface area contributed by atoms with Gasteiger partial charge in [0.1, 0.15) is 21.7 Å². The molecule has 0 aliphatic heterocycles. The zero-order chi connectivity index (χ0) is 13.8. The Labute approximate surface area is 107 Å². The first-order chi connectivity index (χ1) is 8.35. The van der Waals surface area contributed by atoms with Crippen LogP contribution in [-0.2, 0) is 9.84 Å². The SMILES string of the molecule is COc1ccc(C#N)c(NC(C)CS(C)(=O)=O)c1. The Morgan fingerprint density at radius 2 is 2.17 bits per heavy atom. The number of nitriles is 1. The Hall–Kier alpha value is -1.74. The van der Waals surface area contributed by atoms with Crippen LogP contribution in [0.3, 0.4) is 0 Å². The Kier molecular flexibility index (Phi) is 4.56. The van der Waals surface area contributed by atoms with Crippen molar-refractivity contribution in [2.24, 2.45) is 0 Å². The fourth-order valence-corrected chi connectivity index (χ4v) is 2.62. The molecule has 1 N–H and O–H groups in total. The topological polar surface area (TPSA) is 79.2 Å². The molecule has 6 heteroatoms. The Morgan fingerprint density at radius 1 is 1.50 bits per heavy atom. The van der Waals surface area contributed by atoms with Gasteiger partial charge in [-0.25, -0.2) is 8.42 Å². The molecule has 0 amide bonds. The first-order valence-electron chi connectivity index (χ1n) is 5.38. The van der Waals surface area contributed by atoms with Crippen molar-refractivity contribution >= 4 is 15.5 Å². The van der Waals surface area contributed by atoms with Gasteiger partial charge in [-0.15, -0.1) is 0 Å². The molecular formula is C12H16N2O3S. The fourth-order valence-electron chi connectivity index (χ4n) is 1.63. The molecule has 18 heavy (non-hydrogen) atoms. The Bertz CT molecular complexity index is 561. The van der Waals surface area contributed by atoms with Crippen LogP contribution < -0.4 is 10.1 Å². The summed E-state index contributed by atoms with van der Waals surface area (Å²) in [7, 11) is -1.52. The molecule has 1 rings (SSSR count). The zero-order valence-electron chi connectivity index (χ0n) is 10.6. The van der Waals surface area contributed by atoms with Crippen LogP contribution in [0.2, 0.25) is 0 Å². The van der Waals surface area contributed by atoms with Crippen LogP contribution in [0, 0.1) is 11.3 Å². The van der Waals surface area contributed by atoms with Gasteiger partial charge >= 0.3 is 0 Å². The maximum absolute atomic E-state index is 11.2. The first-order valence-corrected chi connectivity index (χ1v) is 7.44. The molecule has 0 aliphatic carbocycles. The van der Waals surface area contributed by atoms with Crippen LogP contribution in [0.1, 0.15) is 12.5 Å². The van der Waals surface area contributed by atoms with E-state index in [2.05, 4.69) is 5.32 Å². The average Bonchev–Trinajstić information content (AvgIpc) is 2.26. The Morgan fingerprint density at radius 3 is 2.67 bits per heavy atom. The van der Waals surface area contributed by atoms with E-state index in [4.69, 9.17) is 10.00 Å². The van der Waals surface area contributed by atoms with Gasteiger partial charge in [0.2, 0.25) is 0 Å². The molecule has 98 valence electrons. The number of hydrogen-bond acceptors (Lipinski definition) is 5. The molecular weight excluding hydrogens is 252 g/mol. The number of sulfone groups is 1. The van der Waals surface area contributed by atoms with E-state index in [9.17, 15) is 8.42 Å². The normalized spacial score (nSPS) is 12.6. The molecule has 0 bridgehead atoms. The number of methoxy groups -OCH3 is 1. The van der Waals surface area contributed by atoms with Gasteiger partial charge < -0.3 is 10.1 Å². The number of benzene rings is 1. The van der Waals surface area contributed by atoms with Crippen molar-refractivity contribution in [1.82, 2.24) is 0 Å². The van der Waals surface area contributed by atoms with Gasteiger partial charge in [-0.05, 0) is 19.1 Å². The molecule has 0 aliphatic rings. The molecule has 1 aromatic carbocycles. The number of anilines is 1. The van der Waals surface area contributed by atoms with Crippen LogP contribution in [0.25, 0.3) is 0 Å². The van der Waals surface area contributed by atoms with Gasteiger partial charge in [-0.3, -0.25) is 0 Å². The van der Waals surface area contributed by atoms with E-state index in [0.717, 1.165) is 0 Å². The fraction of sp³-hybridized carbons (Fsp3) is 0.417. The monoisotopic (exact) mass is 268 g/mol. The molecule has 0 spiro atoms. The average molecular weight is 268 g/mol. The summed E-state index contributed by atoms with van der Waals surface area (Å²) in [6, 6.07) is 6.77. The zero-order valence-corrected chi connectivity index (χ0v) is 11.4. The number of nitrogens with one attached hydrogen (secondary N) is 1. The van der Waals surface area contributed by atoms with Gasteiger partial charge in [0.05, 0.1) is 24.1 Å². The van der Waals surface area contributed by atoms with E-state index >= 15 is 0 Å². The maximum Gasteiger partial charge on any atom is 0.149 e. The second-order valence-corrected chi connectivity index (χ2v) is 6.35. The van der Waals surface area contributed by atoms with Crippen LogP contribution in [0.5, 0.6) is 5.75 Å². The lowest BCUT2D eigenvalue weighted by Crippen LogP contribution is -2.25. The predicted octanol–water partition coefficient (Wildman–Crippen LogP) is 1.41. The number of nitrogens with zero attached hydrogens (tertiary/aromatic N) is 1. The molecule has 1 aromatic rings. The van der Waals surface area contributed by atoms with Crippen molar-refractivity contribution in [3.05, 3.63) is 23.8 Å². The van der Waals surface area contributed by atoms with Crippen molar-refractivity contribution in [2.75, 3.05) is 24.4 Å². The number of ether oxygens (including phenoxy) is 1. The quantitative estimate of drug-likeness (QED) is 0.873. The first kappa shape index (κ1) is 14.3. The van der Waals surface area contributed by atoms with Crippen molar-refractivity contribution in [2.45, 2.75) is 13.0 Å². The summed E-state index contributed by atoms with van der Waals surface area (Å²) in [5.41, 5.74) is 1.03. The summed E-state index contributed by atoms with van der Waals surface area (Å²) < 4.78 is 27.4. The largest absolute Gasteiger partial charge is 0.497 e. The van der Waals surface area contributed by atoms with E-state index in [1.54, 1.807) is 25.1 Å². The molecule has 0 heterocycles. The third-order valence-electron chi connectivity index (χ3n) is 2.30. The molecule has 1 unspecified atom stereocenters. The van der Waals surface area contributed by atoms with Crippen LogP contribution >= 0.6 is 0 Å². The van der Waals surface area contributed by atoms with E-state index in [0.29, 0.717) is 17.0 Å². The minimum absolute atomic E-state index is 0.00901. The summed E-state index contributed by atoms with van der Waals surface area (Å²) in [5.74, 6) is 0.623. The minimum atomic E-state index is -3.06. The van der Waals surface area contributed by atoms with E-state index in [1.165, 1.54) is 13.4 Å². The minimum Gasteiger partial charge on any atom is -0.497 e. The highest BCUT2D eigenvalue weighted by Gasteiger charge is 2.12. The highest BCUT2D eigenvalue weighted by atomic mass is 32.2. The molecule has 0 fully saturated rings. The standard InChI is InChI=1S/C12H16N2O3S/c1-9(8-18(3,15)16)14-12-6-11(17-2)5-4-10(12)7-13/h4-6,9,14H,8H2,1-3H3. The molecule has 5 nitrogen and oxygen atoms in total.